The fourth-order valence-corrected chi connectivity index (χ4v) is 2.17. The highest BCUT2D eigenvalue weighted by Gasteiger charge is 2.14. The molecule has 0 saturated heterocycles. The van der Waals surface area contributed by atoms with Crippen LogP contribution in [0.3, 0.4) is 0 Å². The van der Waals surface area contributed by atoms with E-state index in [-0.39, 0.29) is 10.8 Å². The van der Waals surface area contributed by atoms with E-state index in [9.17, 15) is 10.1 Å². The summed E-state index contributed by atoms with van der Waals surface area (Å²) in [7, 11) is 0. The van der Waals surface area contributed by atoms with Crippen LogP contribution in [-0.2, 0) is 0 Å². The summed E-state index contributed by atoms with van der Waals surface area (Å²) in [5.41, 5.74) is 2.41. The number of halogens is 1. The van der Waals surface area contributed by atoms with Crippen molar-refractivity contribution in [2.45, 2.75) is 6.92 Å². The van der Waals surface area contributed by atoms with Gasteiger partial charge >= 0.3 is 0 Å². The molecule has 0 unspecified atom stereocenters. The van der Waals surface area contributed by atoms with Crippen LogP contribution in [0, 0.1) is 17.0 Å². The number of fused-ring (bicyclic) bond motifs is 1. The maximum Gasteiger partial charge on any atom is 0.272 e. The van der Waals surface area contributed by atoms with Gasteiger partial charge in [-0.2, -0.15) is 0 Å². The van der Waals surface area contributed by atoms with Crippen LogP contribution in [0.2, 0.25) is 5.15 Å². The van der Waals surface area contributed by atoms with E-state index in [0.29, 0.717) is 16.7 Å². The molecule has 3 rings (SSSR count). The Kier molecular flexibility index (Phi) is 2.83. The lowest BCUT2D eigenvalue weighted by Gasteiger charge is -2.05. The standard InChI is InChI=1S/C12H8ClN5O2/c1-7-4-8(2-3-9(7)18(19)20)17-6-16-10-11(13)14-5-15-12(10)17/h2-6H,1H3. The largest absolute Gasteiger partial charge is 0.283 e. The van der Waals surface area contributed by atoms with Gasteiger partial charge < -0.3 is 0 Å². The highest BCUT2D eigenvalue weighted by Crippen LogP contribution is 2.24. The lowest BCUT2D eigenvalue weighted by molar-refractivity contribution is -0.385. The first kappa shape index (κ1) is 12.5. The third kappa shape index (κ3) is 1.88. The van der Waals surface area contributed by atoms with Crippen LogP contribution in [-0.4, -0.2) is 24.4 Å². The number of nitrogens with zero attached hydrogens (tertiary/aromatic N) is 5. The molecule has 20 heavy (non-hydrogen) atoms. The molecule has 0 spiro atoms. The van der Waals surface area contributed by atoms with Gasteiger partial charge in [0.15, 0.2) is 10.8 Å². The minimum atomic E-state index is -0.413. The number of hydrogen-bond donors (Lipinski definition) is 0. The fraction of sp³-hybridized carbons (Fsp3) is 0.0833. The minimum Gasteiger partial charge on any atom is -0.283 e. The first-order valence-corrected chi connectivity index (χ1v) is 6.04. The van der Waals surface area contributed by atoms with Crippen LogP contribution in [0.4, 0.5) is 5.69 Å². The van der Waals surface area contributed by atoms with Gasteiger partial charge in [-0.25, -0.2) is 15.0 Å². The predicted molar refractivity (Wildman–Crippen MR) is 73.1 cm³/mol. The Labute approximate surface area is 118 Å². The van der Waals surface area contributed by atoms with E-state index in [0.717, 1.165) is 5.69 Å². The van der Waals surface area contributed by atoms with E-state index in [1.54, 1.807) is 30.0 Å². The van der Waals surface area contributed by atoms with Crippen molar-refractivity contribution in [1.82, 2.24) is 19.5 Å². The van der Waals surface area contributed by atoms with Crippen molar-refractivity contribution in [2.24, 2.45) is 0 Å². The quantitative estimate of drug-likeness (QED) is 0.411. The zero-order valence-electron chi connectivity index (χ0n) is 10.3. The second-order valence-electron chi connectivity index (χ2n) is 4.18. The van der Waals surface area contributed by atoms with Gasteiger partial charge in [-0.3, -0.25) is 14.7 Å². The molecule has 1 aromatic carbocycles. The highest BCUT2D eigenvalue weighted by molar-refractivity contribution is 6.33. The normalized spacial score (nSPS) is 10.9. The Balaban J connectivity index is 2.19. The van der Waals surface area contributed by atoms with Gasteiger partial charge in [-0.15, -0.1) is 0 Å². The van der Waals surface area contributed by atoms with Gasteiger partial charge in [-0.1, -0.05) is 11.6 Å². The molecule has 3 aromatic rings. The summed E-state index contributed by atoms with van der Waals surface area (Å²) in [6, 6.07) is 4.80. The lowest BCUT2D eigenvalue weighted by atomic mass is 10.2. The number of nitro benzene ring substituents is 1. The van der Waals surface area contributed by atoms with Crippen molar-refractivity contribution < 1.29 is 4.92 Å². The molecule has 8 heteroatoms. The fourth-order valence-electron chi connectivity index (χ4n) is 1.99. The summed E-state index contributed by atoms with van der Waals surface area (Å²) in [6.07, 6.45) is 2.91. The molecule has 0 radical (unpaired) electrons. The van der Waals surface area contributed by atoms with Crippen molar-refractivity contribution in [2.75, 3.05) is 0 Å². The van der Waals surface area contributed by atoms with Crippen molar-refractivity contribution in [3.05, 3.63) is 51.7 Å². The van der Waals surface area contributed by atoms with Crippen molar-refractivity contribution in [1.29, 1.82) is 0 Å². The number of aromatic nitrogens is 4. The van der Waals surface area contributed by atoms with Gasteiger partial charge in [-0.05, 0) is 19.1 Å². The third-order valence-electron chi connectivity index (χ3n) is 2.94. The van der Waals surface area contributed by atoms with Crippen LogP contribution in [0.25, 0.3) is 16.9 Å². The van der Waals surface area contributed by atoms with Crippen molar-refractivity contribution >= 4 is 28.5 Å². The van der Waals surface area contributed by atoms with E-state index in [1.165, 1.54) is 12.4 Å². The molecule has 7 nitrogen and oxygen atoms in total. The third-order valence-corrected chi connectivity index (χ3v) is 3.22. The SMILES string of the molecule is Cc1cc(-n2cnc3c(Cl)ncnc32)ccc1[N+](=O)[O-]. The average molecular weight is 290 g/mol. The molecule has 0 aliphatic rings. The molecular weight excluding hydrogens is 282 g/mol. The monoisotopic (exact) mass is 289 g/mol. The van der Waals surface area contributed by atoms with E-state index in [4.69, 9.17) is 11.6 Å². The molecule has 0 bridgehead atoms. The molecule has 0 N–H and O–H groups in total. The number of aryl methyl sites for hydroxylation is 1. The summed E-state index contributed by atoms with van der Waals surface area (Å²) in [6.45, 7) is 1.68. The Morgan fingerprint density at radius 1 is 1.30 bits per heavy atom. The molecule has 0 atom stereocenters. The van der Waals surface area contributed by atoms with E-state index in [1.807, 2.05) is 0 Å². The summed E-state index contributed by atoms with van der Waals surface area (Å²) < 4.78 is 1.71. The molecule has 0 aliphatic heterocycles. The zero-order valence-corrected chi connectivity index (χ0v) is 11.1. The number of rotatable bonds is 2. The maximum absolute atomic E-state index is 10.8. The van der Waals surface area contributed by atoms with E-state index < -0.39 is 4.92 Å². The summed E-state index contributed by atoms with van der Waals surface area (Å²) in [4.78, 5) is 22.6. The van der Waals surface area contributed by atoms with Gasteiger partial charge in [0.05, 0.1) is 4.92 Å². The first-order chi connectivity index (χ1) is 9.58. The van der Waals surface area contributed by atoms with Crippen LogP contribution in [0.1, 0.15) is 5.56 Å². The molecule has 0 aliphatic carbocycles. The number of nitro groups is 1. The average Bonchev–Trinajstić information content (AvgIpc) is 2.83. The van der Waals surface area contributed by atoms with Crippen molar-refractivity contribution in [3.8, 4) is 5.69 Å². The smallest absolute Gasteiger partial charge is 0.272 e. The van der Waals surface area contributed by atoms with Crippen LogP contribution >= 0.6 is 11.6 Å². The molecule has 100 valence electrons. The van der Waals surface area contributed by atoms with Gasteiger partial charge in [0.1, 0.15) is 18.2 Å². The van der Waals surface area contributed by atoms with Gasteiger partial charge in [0.25, 0.3) is 5.69 Å². The topological polar surface area (TPSA) is 86.7 Å². The van der Waals surface area contributed by atoms with Crippen LogP contribution < -0.4 is 0 Å². The van der Waals surface area contributed by atoms with Crippen LogP contribution in [0.5, 0.6) is 0 Å². The summed E-state index contributed by atoms with van der Waals surface area (Å²) in [5, 5.41) is 11.1. The Hall–Kier alpha value is -2.54. The Morgan fingerprint density at radius 2 is 2.10 bits per heavy atom. The second kappa shape index (κ2) is 4.53. The molecule has 2 aromatic heterocycles. The van der Waals surface area contributed by atoms with E-state index in [2.05, 4.69) is 15.0 Å². The molecular formula is C12H8ClN5O2. The number of imidazole rings is 1. The Morgan fingerprint density at radius 3 is 2.80 bits per heavy atom. The highest BCUT2D eigenvalue weighted by atomic mass is 35.5. The van der Waals surface area contributed by atoms with Crippen LogP contribution in [0.15, 0.2) is 30.9 Å². The zero-order chi connectivity index (χ0) is 14.3. The second-order valence-corrected chi connectivity index (χ2v) is 4.54. The summed E-state index contributed by atoms with van der Waals surface area (Å²) >= 11 is 5.94. The molecule has 0 saturated carbocycles. The van der Waals surface area contributed by atoms with Gasteiger partial charge in [0.2, 0.25) is 0 Å². The molecule has 0 fully saturated rings. The molecule has 2 heterocycles. The number of benzene rings is 1. The lowest BCUT2D eigenvalue weighted by Crippen LogP contribution is -1.97. The Bertz CT molecular complexity index is 830. The predicted octanol–water partition coefficient (Wildman–Crippen LogP) is 2.69. The summed E-state index contributed by atoms with van der Waals surface area (Å²) in [5.74, 6) is 0. The van der Waals surface area contributed by atoms with Gasteiger partial charge in [0, 0.05) is 17.3 Å². The minimum absolute atomic E-state index is 0.0748. The first-order valence-electron chi connectivity index (χ1n) is 5.67. The van der Waals surface area contributed by atoms with Crippen molar-refractivity contribution in [3.63, 3.8) is 0 Å². The maximum atomic E-state index is 10.8. The number of hydrogen-bond acceptors (Lipinski definition) is 5. The molecule has 0 amide bonds. The van der Waals surface area contributed by atoms with E-state index >= 15 is 0 Å².